The Morgan fingerprint density at radius 2 is 1.90 bits per heavy atom. The summed E-state index contributed by atoms with van der Waals surface area (Å²) >= 11 is 5.91. The predicted molar refractivity (Wildman–Crippen MR) is 122 cm³/mol. The largest absolute Gasteiger partial charge is 0.340 e. The molecule has 3 rings (SSSR count). The van der Waals surface area contributed by atoms with Crippen LogP contribution in [0.3, 0.4) is 0 Å². The summed E-state index contributed by atoms with van der Waals surface area (Å²) < 4.78 is 13.4. The van der Waals surface area contributed by atoms with Gasteiger partial charge in [-0.1, -0.05) is 45.4 Å². The van der Waals surface area contributed by atoms with E-state index in [-0.39, 0.29) is 34.9 Å². The van der Waals surface area contributed by atoms with E-state index in [2.05, 4.69) is 19.2 Å². The van der Waals surface area contributed by atoms with Crippen molar-refractivity contribution < 1.29 is 14.0 Å². The van der Waals surface area contributed by atoms with Gasteiger partial charge in [0.05, 0.1) is 0 Å². The summed E-state index contributed by atoms with van der Waals surface area (Å²) in [6, 6.07) is 6.04. The maximum absolute atomic E-state index is 13.4. The van der Waals surface area contributed by atoms with Gasteiger partial charge in [0.25, 0.3) is 5.91 Å². The molecular weight excluding hydrogens is 415 g/mol. The minimum absolute atomic E-state index is 0.0426. The average molecular weight is 447 g/mol. The molecule has 1 aromatic rings. The van der Waals surface area contributed by atoms with Gasteiger partial charge < -0.3 is 10.2 Å². The molecule has 2 amide bonds. The maximum Gasteiger partial charge on any atom is 0.251 e. The molecule has 31 heavy (non-hydrogen) atoms. The first-order chi connectivity index (χ1) is 14.6. The van der Waals surface area contributed by atoms with E-state index < -0.39 is 6.04 Å². The summed E-state index contributed by atoms with van der Waals surface area (Å²) in [5.74, 6) is 0.125. The Bertz CT molecular complexity index is 876. The van der Waals surface area contributed by atoms with Gasteiger partial charge in [-0.15, -0.1) is 0 Å². The highest BCUT2D eigenvalue weighted by molar-refractivity contribution is 6.30. The van der Waals surface area contributed by atoms with Crippen LogP contribution in [-0.2, 0) is 4.79 Å². The molecule has 1 saturated heterocycles. The molecule has 1 N–H and O–H groups in total. The van der Waals surface area contributed by atoms with Crippen LogP contribution in [0.2, 0.25) is 5.02 Å². The van der Waals surface area contributed by atoms with E-state index in [1.807, 2.05) is 24.8 Å². The molecule has 0 spiro atoms. The number of halogens is 2. The molecule has 3 atom stereocenters. The third-order valence-corrected chi connectivity index (χ3v) is 6.81. The van der Waals surface area contributed by atoms with Crippen LogP contribution in [0.25, 0.3) is 0 Å². The molecule has 0 aromatic heterocycles. The van der Waals surface area contributed by atoms with E-state index in [1.165, 1.54) is 0 Å². The van der Waals surface area contributed by atoms with E-state index in [1.54, 1.807) is 36.4 Å². The Morgan fingerprint density at radius 3 is 2.45 bits per heavy atom. The van der Waals surface area contributed by atoms with Crippen LogP contribution in [-0.4, -0.2) is 35.8 Å². The third kappa shape index (κ3) is 5.57. The number of hydrogen-bond donors (Lipinski definition) is 1. The Hall–Kier alpha value is -2.14. The van der Waals surface area contributed by atoms with E-state index in [0.717, 1.165) is 6.42 Å². The zero-order chi connectivity index (χ0) is 22.8. The van der Waals surface area contributed by atoms with Crippen molar-refractivity contribution in [2.45, 2.75) is 46.6 Å². The summed E-state index contributed by atoms with van der Waals surface area (Å²) in [6.07, 6.45) is 6.75. The Morgan fingerprint density at radius 1 is 1.23 bits per heavy atom. The fourth-order valence-electron chi connectivity index (χ4n) is 4.80. The van der Waals surface area contributed by atoms with Crippen LogP contribution in [0, 0.1) is 23.2 Å². The Kier molecular flexibility index (Phi) is 7.25. The van der Waals surface area contributed by atoms with Crippen molar-refractivity contribution in [1.29, 1.82) is 0 Å². The van der Waals surface area contributed by atoms with Crippen LogP contribution in [0.5, 0.6) is 0 Å². The molecule has 4 nitrogen and oxygen atoms in total. The van der Waals surface area contributed by atoms with Crippen LogP contribution in [0.1, 0.15) is 50.9 Å². The fourth-order valence-corrected chi connectivity index (χ4v) is 4.93. The number of hydrogen-bond acceptors (Lipinski definition) is 2. The number of likely N-dealkylation sites (tertiary alicyclic amines) is 1. The summed E-state index contributed by atoms with van der Waals surface area (Å²) in [5.41, 5.74) is 0.373. The number of carbonyl (C=O) groups is 2. The molecule has 1 aliphatic carbocycles. The first-order valence-electron chi connectivity index (χ1n) is 11.0. The highest BCUT2D eigenvalue weighted by atomic mass is 35.5. The van der Waals surface area contributed by atoms with Crippen molar-refractivity contribution in [3.63, 3.8) is 0 Å². The zero-order valence-corrected chi connectivity index (χ0v) is 19.5. The normalized spacial score (nSPS) is 24.0. The smallest absolute Gasteiger partial charge is 0.251 e. The average Bonchev–Trinajstić information content (AvgIpc) is 2.72. The van der Waals surface area contributed by atoms with E-state index in [4.69, 9.17) is 11.6 Å². The molecule has 0 saturated carbocycles. The molecule has 1 aliphatic heterocycles. The minimum atomic E-state index is -0.595. The van der Waals surface area contributed by atoms with Crippen molar-refractivity contribution in [3.8, 4) is 0 Å². The number of nitrogens with zero attached hydrogens (tertiary/aromatic N) is 1. The fraction of sp³-hybridized carbons (Fsp3) is 0.520. The maximum atomic E-state index is 13.4. The van der Waals surface area contributed by atoms with Gasteiger partial charge in [-0.3, -0.25) is 9.59 Å². The molecule has 6 heteroatoms. The van der Waals surface area contributed by atoms with Gasteiger partial charge in [0.15, 0.2) is 0 Å². The monoisotopic (exact) mass is 446 g/mol. The number of carbonyl (C=O) groups excluding carboxylic acids is 2. The van der Waals surface area contributed by atoms with Crippen molar-refractivity contribution in [2.24, 2.45) is 23.2 Å². The van der Waals surface area contributed by atoms with Gasteiger partial charge in [0.2, 0.25) is 5.91 Å². The van der Waals surface area contributed by atoms with E-state index in [9.17, 15) is 14.0 Å². The summed E-state index contributed by atoms with van der Waals surface area (Å²) in [7, 11) is 0. The summed E-state index contributed by atoms with van der Waals surface area (Å²) in [5, 5.41) is 3.48. The van der Waals surface area contributed by atoms with E-state index >= 15 is 0 Å². The first kappa shape index (κ1) is 23.5. The predicted octanol–water partition coefficient (Wildman–Crippen LogP) is 5.40. The molecule has 168 valence electrons. The lowest BCUT2D eigenvalue weighted by Crippen LogP contribution is -2.57. The van der Waals surface area contributed by atoms with Crippen molar-refractivity contribution in [3.05, 3.63) is 58.9 Å². The zero-order valence-electron chi connectivity index (χ0n) is 18.7. The molecule has 1 aromatic carbocycles. The summed E-state index contributed by atoms with van der Waals surface area (Å²) in [6.45, 7) is 9.50. The molecule has 0 radical (unpaired) electrons. The lowest BCUT2D eigenvalue weighted by molar-refractivity contribution is -0.139. The van der Waals surface area contributed by atoms with Gasteiger partial charge in [-0.2, -0.15) is 0 Å². The van der Waals surface area contributed by atoms with Gasteiger partial charge in [-0.25, -0.2) is 4.39 Å². The first-order valence-corrected chi connectivity index (χ1v) is 11.4. The number of allylic oxidation sites excluding steroid dienone is 4. The number of rotatable bonds is 5. The van der Waals surface area contributed by atoms with Crippen molar-refractivity contribution in [2.75, 3.05) is 13.1 Å². The summed E-state index contributed by atoms with van der Waals surface area (Å²) in [4.78, 5) is 28.0. The Balaban J connectivity index is 1.68. The second kappa shape index (κ2) is 9.56. The molecule has 1 heterocycles. The van der Waals surface area contributed by atoms with Gasteiger partial charge >= 0.3 is 0 Å². The lowest BCUT2D eigenvalue weighted by Gasteiger charge is -2.48. The topological polar surface area (TPSA) is 49.4 Å². The number of piperidine rings is 1. The molecular formula is C25H32ClFN2O2. The molecule has 2 unspecified atom stereocenters. The van der Waals surface area contributed by atoms with Crippen molar-refractivity contribution in [1.82, 2.24) is 10.2 Å². The van der Waals surface area contributed by atoms with Gasteiger partial charge in [0, 0.05) is 23.7 Å². The molecule has 2 aliphatic rings. The standard InChI is InChI=1S/C25H32ClFN2O2/c1-16(2)22(28-23(30)18-5-9-19(26)10-6-18)24(31)29-14-13-21(25(3,4)15-29)17-7-11-20(27)12-8-17/h5-7,9-12,16-17,21-22H,8,13-15H2,1-4H3,(H,28,30)/t17?,21?,22-/m1/s1. The number of amides is 2. The number of nitrogens with one attached hydrogen (secondary N) is 1. The highest BCUT2D eigenvalue weighted by Gasteiger charge is 2.42. The quantitative estimate of drug-likeness (QED) is 0.658. The molecule has 1 fully saturated rings. The van der Waals surface area contributed by atoms with Crippen LogP contribution in [0.4, 0.5) is 4.39 Å². The third-order valence-electron chi connectivity index (χ3n) is 6.55. The molecule has 0 bridgehead atoms. The van der Waals surface area contributed by atoms with Gasteiger partial charge in [0.1, 0.15) is 11.9 Å². The van der Waals surface area contributed by atoms with Crippen LogP contribution < -0.4 is 5.32 Å². The van der Waals surface area contributed by atoms with E-state index in [0.29, 0.717) is 36.0 Å². The highest BCUT2D eigenvalue weighted by Crippen LogP contribution is 2.43. The van der Waals surface area contributed by atoms with Crippen molar-refractivity contribution >= 4 is 23.4 Å². The van der Waals surface area contributed by atoms with Gasteiger partial charge in [-0.05, 0) is 72.4 Å². The lowest BCUT2D eigenvalue weighted by atomic mass is 9.66. The van der Waals surface area contributed by atoms with Crippen LogP contribution in [0.15, 0.2) is 48.3 Å². The van der Waals surface area contributed by atoms with Crippen LogP contribution >= 0.6 is 11.6 Å². The second-order valence-corrected chi connectivity index (χ2v) is 10.1. The Labute approximate surface area is 189 Å². The minimum Gasteiger partial charge on any atom is -0.340 e. The SMILES string of the molecule is CC(C)[C@@H](NC(=O)c1ccc(Cl)cc1)C(=O)N1CCC(C2C=CC(F)=CC2)C(C)(C)C1. The second-order valence-electron chi connectivity index (χ2n) is 9.69. The number of benzene rings is 1.